The van der Waals surface area contributed by atoms with E-state index in [0.29, 0.717) is 17.0 Å². The smallest absolute Gasteiger partial charge is 0.0564 e. The minimum absolute atomic E-state index is 0.162. The van der Waals surface area contributed by atoms with Gasteiger partial charge in [-0.1, -0.05) is 39.3 Å². The van der Waals surface area contributed by atoms with E-state index in [1.54, 1.807) is 0 Å². The highest BCUT2D eigenvalue weighted by atomic mass is 35.5. The van der Waals surface area contributed by atoms with Gasteiger partial charge in [-0.15, -0.1) is 0 Å². The van der Waals surface area contributed by atoms with Gasteiger partial charge in [0.2, 0.25) is 0 Å². The summed E-state index contributed by atoms with van der Waals surface area (Å²) in [6.45, 7) is 8.49. The molecule has 0 aromatic heterocycles. The predicted molar refractivity (Wildman–Crippen MR) is 77.5 cm³/mol. The summed E-state index contributed by atoms with van der Waals surface area (Å²) in [5, 5.41) is 4.45. The molecule has 100 valence electrons. The van der Waals surface area contributed by atoms with E-state index in [0.717, 1.165) is 10.5 Å². The highest BCUT2D eigenvalue weighted by Crippen LogP contribution is 2.39. The summed E-state index contributed by atoms with van der Waals surface area (Å²) < 4.78 is 12.4. The third-order valence-electron chi connectivity index (χ3n) is 3.64. The maximum Gasteiger partial charge on any atom is 0.0564 e. The van der Waals surface area contributed by atoms with E-state index in [9.17, 15) is 4.21 Å². The zero-order valence-corrected chi connectivity index (χ0v) is 12.8. The monoisotopic (exact) mass is 285 g/mol. The molecule has 1 aromatic carbocycles. The number of halogens is 1. The second kappa shape index (κ2) is 5.32. The Balaban J connectivity index is 2.50. The van der Waals surface area contributed by atoms with Gasteiger partial charge >= 0.3 is 0 Å². The fourth-order valence-electron chi connectivity index (χ4n) is 2.50. The largest absolute Gasteiger partial charge is 0.307 e. The molecule has 4 atom stereocenters. The van der Waals surface area contributed by atoms with Crippen molar-refractivity contribution >= 4 is 22.4 Å². The van der Waals surface area contributed by atoms with E-state index in [1.807, 2.05) is 18.2 Å². The van der Waals surface area contributed by atoms with Crippen LogP contribution in [-0.2, 0) is 10.8 Å². The minimum Gasteiger partial charge on any atom is -0.307 e. The van der Waals surface area contributed by atoms with Crippen molar-refractivity contribution in [2.75, 3.05) is 0 Å². The van der Waals surface area contributed by atoms with E-state index >= 15 is 0 Å². The maximum absolute atomic E-state index is 12.4. The summed E-state index contributed by atoms with van der Waals surface area (Å²) >= 11 is 6.08. The van der Waals surface area contributed by atoms with Crippen molar-refractivity contribution in [3.63, 3.8) is 0 Å². The average molecular weight is 286 g/mol. The molecule has 4 unspecified atom stereocenters. The Morgan fingerprint density at radius 1 is 1.33 bits per heavy atom. The summed E-state index contributed by atoms with van der Waals surface area (Å²) in [5.74, 6) is 0.333. The number of fused-ring (bicyclic) bond motifs is 1. The van der Waals surface area contributed by atoms with E-state index in [1.165, 1.54) is 0 Å². The molecule has 1 aromatic rings. The van der Waals surface area contributed by atoms with Gasteiger partial charge in [0, 0.05) is 27.3 Å². The van der Waals surface area contributed by atoms with Crippen molar-refractivity contribution in [2.24, 2.45) is 5.92 Å². The zero-order valence-electron chi connectivity index (χ0n) is 11.2. The van der Waals surface area contributed by atoms with Crippen LogP contribution in [0.4, 0.5) is 0 Å². The summed E-state index contributed by atoms with van der Waals surface area (Å²) in [5.41, 5.74) is 1.10. The first-order chi connectivity index (χ1) is 8.41. The Labute approximate surface area is 117 Å². The molecule has 18 heavy (non-hydrogen) atoms. The highest BCUT2D eigenvalue weighted by Gasteiger charge is 2.36. The molecule has 0 aliphatic carbocycles. The Morgan fingerprint density at radius 2 is 2.00 bits per heavy atom. The molecule has 1 aliphatic heterocycles. The standard InChI is InChI=1S/C14H20ClNOS/c1-8(2)16-14-9(3)10(4)18(17)13-6-5-11(15)7-12(13)14/h5-10,14,16H,1-4H3. The minimum atomic E-state index is -0.932. The van der Waals surface area contributed by atoms with E-state index in [2.05, 4.69) is 33.0 Å². The fourth-order valence-corrected chi connectivity index (χ4v) is 4.24. The van der Waals surface area contributed by atoms with Gasteiger partial charge in [0.1, 0.15) is 0 Å². The van der Waals surface area contributed by atoms with Gasteiger partial charge in [0.05, 0.1) is 10.8 Å². The zero-order chi connectivity index (χ0) is 13.4. The SMILES string of the molecule is CC(C)NC1c2cc(Cl)ccc2S(=O)C(C)C1C. The molecule has 4 heteroatoms. The van der Waals surface area contributed by atoms with Crippen LogP contribution in [0.5, 0.6) is 0 Å². The molecule has 1 N–H and O–H groups in total. The first-order valence-corrected chi connectivity index (χ1v) is 7.97. The van der Waals surface area contributed by atoms with E-state index < -0.39 is 10.8 Å². The van der Waals surface area contributed by atoms with Gasteiger partial charge in [-0.05, 0) is 29.7 Å². The Hall–Kier alpha value is -0.380. The second-order valence-corrected chi connectivity index (χ2v) is 7.56. The third kappa shape index (κ3) is 2.49. The van der Waals surface area contributed by atoms with E-state index in [4.69, 9.17) is 11.6 Å². The molecule has 1 aliphatic rings. The molecule has 0 saturated heterocycles. The molecular weight excluding hydrogens is 266 g/mol. The number of benzene rings is 1. The van der Waals surface area contributed by atoms with Crippen molar-refractivity contribution in [1.29, 1.82) is 0 Å². The summed E-state index contributed by atoms with van der Waals surface area (Å²) in [6, 6.07) is 6.31. The average Bonchev–Trinajstić information content (AvgIpc) is 2.31. The molecule has 0 saturated carbocycles. The summed E-state index contributed by atoms with van der Waals surface area (Å²) in [7, 11) is -0.932. The summed E-state index contributed by atoms with van der Waals surface area (Å²) in [6.07, 6.45) is 0. The van der Waals surface area contributed by atoms with Crippen LogP contribution < -0.4 is 5.32 Å². The topological polar surface area (TPSA) is 29.1 Å². The van der Waals surface area contributed by atoms with Crippen LogP contribution in [-0.4, -0.2) is 15.5 Å². The molecule has 1 heterocycles. The lowest BCUT2D eigenvalue weighted by Gasteiger charge is -2.37. The van der Waals surface area contributed by atoms with Crippen LogP contribution in [0.25, 0.3) is 0 Å². The highest BCUT2D eigenvalue weighted by molar-refractivity contribution is 7.85. The third-order valence-corrected chi connectivity index (χ3v) is 5.79. The lowest BCUT2D eigenvalue weighted by atomic mass is 9.91. The van der Waals surface area contributed by atoms with Gasteiger partial charge < -0.3 is 5.32 Å². The van der Waals surface area contributed by atoms with Gasteiger partial charge in [-0.2, -0.15) is 0 Å². The normalized spacial score (nSPS) is 31.4. The number of nitrogens with one attached hydrogen (secondary N) is 1. The van der Waals surface area contributed by atoms with Gasteiger partial charge in [-0.25, -0.2) is 0 Å². The number of hydrogen-bond donors (Lipinski definition) is 1. The van der Waals surface area contributed by atoms with Gasteiger partial charge in [0.15, 0.2) is 0 Å². The van der Waals surface area contributed by atoms with Crippen molar-refractivity contribution in [1.82, 2.24) is 5.32 Å². The Kier molecular flexibility index (Phi) is 4.15. The van der Waals surface area contributed by atoms with Crippen molar-refractivity contribution < 1.29 is 4.21 Å². The van der Waals surface area contributed by atoms with Gasteiger partial charge in [0.25, 0.3) is 0 Å². The molecule has 0 fully saturated rings. The van der Waals surface area contributed by atoms with Crippen LogP contribution in [0.15, 0.2) is 23.1 Å². The molecule has 2 rings (SSSR count). The molecule has 2 nitrogen and oxygen atoms in total. The van der Waals surface area contributed by atoms with Gasteiger partial charge in [-0.3, -0.25) is 4.21 Å². The molecule has 0 spiro atoms. The number of hydrogen-bond acceptors (Lipinski definition) is 2. The van der Waals surface area contributed by atoms with Crippen molar-refractivity contribution in [3.05, 3.63) is 28.8 Å². The Morgan fingerprint density at radius 3 is 2.61 bits per heavy atom. The predicted octanol–water partition coefficient (Wildman–Crippen LogP) is 3.52. The molecule has 0 amide bonds. The molecule has 0 bridgehead atoms. The first kappa shape index (κ1) is 14.0. The van der Waals surface area contributed by atoms with Crippen LogP contribution in [0, 0.1) is 5.92 Å². The fraction of sp³-hybridized carbons (Fsp3) is 0.571. The Bertz CT molecular complexity index is 475. The van der Waals surface area contributed by atoms with Crippen LogP contribution in [0.1, 0.15) is 39.3 Å². The van der Waals surface area contributed by atoms with Crippen LogP contribution in [0.2, 0.25) is 5.02 Å². The first-order valence-electron chi connectivity index (χ1n) is 6.38. The molecule has 0 radical (unpaired) electrons. The van der Waals surface area contributed by atoms with E-state index in [-0.39, 0.29) is 11.3 Å². The van der Waals surface area contributed by atoms with Crippen LogP contribution in [0.3, 0.4) is 0 Å². The lowest BCUT2D eigenvalue weighted by Crippen LogP contribution is -2.41. The number of rotatable bonds is 2. The lowest BCUT2D eigenvalue weighted by molar-refractivity contribution is 0.343. The summed E-state index contributed by atoms with van der Waals surface area (Å²) in [4.78, 5) is 0.933. The van der Waals surface area contributed by atoms with Crippen LogP contribution >= 0.6 is 11.6 Å². The maximum atomic E-state index is 12.4. The molecular formula is C14H20ClNOS. The second-order valence-electron chi connectivity index (χ2n) is 5.34. The van der Waals surface area contributed by atoms with Crippen molar-refractivity contribution in [3.8, 4) is 0 Å². The quantitative estimate of drug-likeness (QED) is 0.901. The van der Waals surface area contributed by atoms with Crippen molar-refractivity contribution in [2.45, 2.75) is 49.9 Å².